The molecule has 40 valence electrons. The Morgan fingerprint density at radius 1 is 1.43 bits per heavy atom. The molecule has 0 rings (SSSR count). The minimum atomic E-state index is 1.14. The molecule has 7 heavy (non-hydrogen) atoms. The van der Waals surface area contributed by atoms with E-state index in [9.17, 15) is 0 Å². The maximum absolute atomic E-state index is 6.21. The van der Waals surface area contributed by atoms with Crippen molar-refractivity contribution in [3.63, 3.8) is 0 Å². The SMILES string of the molecule is C=CC=N.CC=N. The van der Waals surface area contributed by atoms with Gasteiger partial charge in [0.25, 0.3) is 0 Å². The maximum atomic E-state index is 6.21. The van der Waals surface area contributed by atoms with E-state index in [4.69, 9.17) is 10.8 Å². The first kappa shape index (κ1) is 9.43. The first-order valence-electron chi connectivity index (χ1n) is 1.90. The minimum absolute atomic E-state index is 1.14. The number of allylic oxidation sites excluding steroid dienone is 1. The van der Waals surface area contributed by atoms with E-state index in [0.29, 0.717) is 0 Å². The highest BCUT2D eigenvalue weighted by molar-refractivity contribution is 5.66. The third-order valence-corrected chi connectivity index (χ3v) is 0.118. The maximum Gasteiger partial charge on any atom is 0.0171 e. The molecule has 0 aromatic rings. The highest BCUT2D eigenvalue weighted by Crippen LogP contribution is 1.37. The van der Waals surface area contributed by atoms with Crippen LogP contribution in [0.1, 0.15) is 6.92 Å². The van der Waals surface area contributed by atoms with Gasteiger partial charge in [0.05, 0.1) is 0 Å². The zero-order valence-electron chi connectivity index (χ0n) is 4.44. The summed E-state index contributed by atoms with van der Waals surface area (Å²) in [5, 5.41) is 12.3. The van der Waals surface area contributed by atoms with Crippen molar-refractivity contribution in [2.75, 3.05) is 0 Å². The van der Waals surface area contributed by atoms with Crippen LogP contribution in [0, 0.1) is 10.8 Å². The predicted molar refractivity (Wildman–Crippen MR) is 33.4 cm³/mol. The second-order valence-corrected chi connectivity index (χ2v) is 0.691. The van der Waals surface area contributed by atoms with E-state index in [-0.39, 0.29) is 0 Å². The molecular formula is C5H10N2. The van der Waals surface area contributed by atoms with Crippen molar-refractivity contribution in [2.24, 2.45) is 0 Å². The summed E-state index contributed by atoms with van der Waals surface area (Å²) < 4.78 is 0. The fourth-order valence-corrected chi connectivity index (χ4v) is 0. The lowest BCUT2D eigenvalue weighted by Crippen LogP contribution is -1.41. The monoisotopic (exact) mass is 98.1 g/mol. The van der Waals surface area contributed by atoms with Gasteiger partial charge in [-0.05, 0) is 13.1 Å². The van der Waals surface area contributed by atoms with Crippen molar-refractivity contribution in [3.05, 3.63) is 12.7 Å². The van der Waals surface area contributed by atoms with Crippen molar-refractivity contribution in [2.45, 2.75) is 6.92 Å². The van der Waals surface area contributed by atoms with Gasteiger partial charge in [-0.15, -0.1) is 0 Å². The Morgan fingerprint density at radius 2 is 1.57 bits per heavy atom. The van der Waals surface area contributed by atoms with Gasteiger partial charge < -0.3 is 10.8 Å². The Bertz CT molecular complexity index is 51.1. The molecule has 0 spiro atoms. The summed E-state index contributed by atoms with van der Waals surface area (Å²) in [5.74, 6) is 0. The van der Waals surface area contributed by atoms with Gasteiger partial charge in [-0.25, -0.2) is 0 Å². The normalized spacial score (nSPS) is 4.71. The third kappa shape index (κ3) is 7530. The molecule has 0 aromatic heterocycles. The van der Waals surface area contributed by atoms with E-state index in [2.05, 4.69) is 6.58 Å². The van der Waals surface area contributed by atoms with Crippen LogP contribution < -0.4 is 0 Å². The summed E-state index contributed by atoms with van der Waals surface area (Å²) in [6.07, 6.45) is 3.81. The molecule has 0 aliphatic rings. The highest BCUT2D eigenvalue weighted by atomic mass is 14.3. The molecular weight excluding hydrogens is 88.1 g/mol. The smallest absolute Gasteiger partial charge is 0.0171 e. The largest absolute Gasteiger partial charge is 0.313 e. The average Bonchev–Trinajstić information content (AvgIpc) is 1.69. The molecule has 0 amide bonds. The lowest BCUT2D eigenvalue weighted by atomic mass is 10.7. The fourth-order valence-electron chi connectivity index (χ4n) is 0. The predicted octanol–water partition coefficient (Wildman–Crippen LogP) is 1.48. The van der Waals surface area contributed by atoms with Crippen molar-refractivity contribution in [3.8, 4) is 0 Å². The zero-order valence-corrected chi connectivity index (χ0v) is 4.44. The summed E-state index contributed by atoms with van der Waals surface area (Å²) in [6, 6.07) is 0. The first-order valence-corrected chi connectivity index (χ1v) is 1.90. The molecule has 2 N–H and O–H groups in total. The Hall–Kier alpha value is -0.920. The molecule has 0 fully saturated rings. The lowest BCUT2D eigenvalue weighted by molar-refractivity contribution is 1.55. The number of hydrogen-bond donors (Lipinski definition) is 2. The van der Waals surface area contributed by atoms with Crippen molar-refractivity contribution >= 4 is 12.4 Å². The van der Waals surface area contributed by atoms with Crippen LogP contribution in [0.4, 0.5) is 0 Å². The Morgan fingerprint density at radius 3 is 1.57 bits per heavy atom. The zero-order chi connectivity index (χ0) is 6.12. The van der Waals surface area contributed by atoms with Crippen LogP contribution in [0.15, 0.2) is 12.7 Å². The van der Waals surface area contributed by atoms with E-state index in [1.165, 1.54) is 12.3 Å². The Kier molecular flexibility index (Phi) is 26.3. The van der Waals surface area contributed by atoms with E-state index in [1.54, 1.807) is 6.92 Å². The van der Waals surface area contributed by atoms with Crippen LogP contribution >= 0.6 is 0 Å². The van der Waals surface area contributed by atoms with Gasteiger partial charge in [-0.2, -0.15) is 0 Å². The van der Waals surface area contributed by atoms with Crippen molar-refractivity contribution < 1.29 is 0 Å². The average molecular weight is 98.1 g/mol. The van der Waals surface area contributed by atoms with Gasteiger partial charge in [0, 0.05) is 6.21 Å². The van der Waals surface area contributed by atoms with E-state index < -0.39 is 0 Å². The fraction of sp³-hybridized carbons (Fsp3) is 0.200. The van der Waals surface area contributed by atoms with E-state index >= 15 is 0 Å². The molecule has 0 saturated carbocycles. The summed E-state index contributed by atoms with van der Waals surface area (Å²) in [4.78, 5) is 0. The van der Waals surface area contributed by atoms with Gasteiger partial charge in [-0.1, -0.05) is 12.7 Å². The van der Waals surface area contributed by atoms with Crippen LogP contribution in [-0.4, -0.2) is 12.4 Å². The molecule has 0 bridgehead atoms. The number of hydrogen-bond acceptors (Lipinski definition) is 2. The van der Waals surface area contributed by atoms with Crippen LogP contribution in [0.3, 0.4) is 0 Å². The lowest BCUT2D eigenvalue weighted by Gasteiger charge is -1.43. The summed E-state index contributed by atoms with van der Waals surface area (Å²) in [6.45, 7) is 4.90. The van der Waals surface area contributed by atoms with Crippen molar-refractivity contribution in [1.29, 1.82) is 10.8 Å². The summed E-state index contributed by atoms with van der Waals surface area (Å²) >= 11 is 0. The molecule has 0 atom stereocenters. The van der Waals surface area contributed by atoms with Gasteiger partial charge in [0.1, 0.15) is 0 Å². The van der Waals surface area contributed by atoms with Crippen LogP contribution in [0.25, 0.3) is 0 Å². The topological polar surface area (TPSA) is 47.7 Å². The molecule has 0 unspecified atom stereocenters. The Labute approximate surface area is 43.9 Å². The first-order chi connectivity index (χ1) is 3.33. The molecule has 0 aliphatic carbocycles. The molecule has 0 heterocycles. The molecule has 0 aliphatic heterocycles. The molecule has 0 radical (unpaired) electrons. The van der Waals surface area contributed by atoms with Gasteiger partial charge in [-0.3, -0.25) is 0 Å². The molecule has 0 saturated heterocycles. The van der Waals surface area contributed by atoms with Crippen LogP contribution in [0.5, 0.6) is 0 Å². The van der Waals surface area contributed by atoms with Crippen LogP contribution in [0.2, 0.25) is 0 Å². The summed E-state index contributed by atoms with van der Waals surface area (Å²) in [7, 11) is 0. The second-order valence-electron chi connectivity index (χ2n) is 0.691. The minimum Gasteiger partial charge on any atom is -0.313 e. The Balaban J connectivity index is 0. The van der Waals surface area contributed by atoms with Crippen molar-refractivity contribution in [1.82, 2.24) is 0 Å². The van der Waals surface area contributed by atoms with Crippen LogP contribution in [-0.2, 0) is 0 Å². The molecule has 2 nitrogen and oxygen atoms in total. The van der Waals surface area contributed by atoms with Gasteiger partial charge in [0.15, 0.2) is 0 Å². The molecule has 2 heteroatoms. The standard InChI is InChI=1S/C3H5N.C2H5N/c1-2-3-4;1-2-3/h2-4H,1H2;2-3H,1H3. The number of nitrogens with one attached hydrogen (secondary N) is 2. The third-order valence-electron chi connectivity index (χ3n) is 0.118. The quantitative estimate of drug-likeness (QED) is 0.467. The van der Waals surface area contributed by atoms with Gasteiger partial charge >= 0.3 is 0 Å². The van der Waals surface area contributed by atoms with Gasteiger partial charge in [0.2, 0.25) is 0 Å². The van der Waals surface area contributed by atoms with E-state index in [0.717, 1.165) is 6.21 Å². The van der Waals surface area contributed by atoms with E-state index in [1.807, 2.05) is 0 Å². The summed E-state index contributed by atoms with van der Waals surface area (Å²) in [5.41, 5.74) is 0. The second kappa shape index (κ2) is 19.5. The highest BCUT2D eigenvalue weighted by Gasteiger charge is 1.31. The molecule has 0 aromatic carbocycles. The number of rotatable bonds is 1.